The molecule has 2 aromatic carbocycles. The molecule has 0 aliphatic heterocycles. The number of hydrogen-bond donors (Lipinski definition) is 2. The molecule has 1 heterocycles. The Kier molecular flexibility index (Phi) is 7.99. The minimum Gasteiger partial charge on any atom is -0.497 e. The number of halogens is 1. The largest absolute Gasteiger partial charge is 0.497 e. The molecular weight excluding hydrogens is 413 g/mol. The van der Waals surface area contributed by atoms with Gasteiger partial charge in [0.2, 0.25) is 0 Å². The molecule has 0 radical (unpaired) electrons. The van der Waals surface area contributed by atoms with Crippen LogP contribution in [0.3, 0.4) is 0 Å². The van der Waals surface area contributed by atoms with Crippen LogP contribution in [0.4, 0.5) is 10.2 Å². The van der Waals surface area contributed by atoms with Gasteiger partial charge in [0.05, 0.1) is 25.9 Å². The second-order valence-corrected chi connectivity index (χ2v) is 7.33. The van der Waals surface area contributed by atoms with E-state index in [-0.39, 0.29) is 18.4 Å². The molecule has 0 aliphatic rings. The molecule has 7 nitrogen and oxygen atoms in total. The van der Waals surface area contributed by atoms with Crippen molar-refractivity contribution in [1.82, 2.24) is 9.88 Å². The molecule has 0 bridgehead atoms. The summed E-state index contributed by atoms with van der Waals surface area (Å²) in [6, 6.07) is 16.9. The smallest absolute Gasteiger partial charge is 0.317 e. The maximum atomic E-state index is 13.4. The van der Waals surface area contributed by atoms with Crippen molar-refractivity contribution in [2.24, 2.45) is 0 Å². The van der Waals surface area contributed by atoms with Crippen LogP contribution in [0, 0.1) is 5.82 Å². The lowest BCUT2D eigenvalue weighted by Gasteiger charge is -2.23. The van der Waals surface area contributed by atoms with Gasteiger partial charge in [0.1, 0.15) is 28.9 Å². The molecule has 1 atom stereocenters. The van der Waals surface area contributed by atoms with Gasteiger partial charge in [-0.1, -0.05) is 12.1 Å². The van der Waals surface area contributed by atoms with Crippen molar-refractivity contribution < 1.29 is 23.8 Å². The number of nitrogens with zero attached hydrogens (tertiary/aromatic N) is 2. The van der Waals surface area contributed by atoms with E-state index in [1.54, 1.807) is 49.5 Å². The average Bonchev–Trinajstić information content (AvgIpc) is 2.78. The van der Waals surface area contributed by atoms with Crippen LogP contribution in [0.1, 0.15) is 18.0 Å². The maximum Gasteiger partial charge on any atom is 0.317 e. The number of pyridine rings is 1. The first-order valence-electron chi connectivity index (χ1n) is 10.1. The number of ether oxygens (including phenoxy) is 2. The SMILES string of the molecule is COc1ccc(Oc2ccc(NC(CCN(C)CC(=O)O)c3ccc(F)cc3)nc2)cc1. The quantitative estimate of drug-likeness (QED) is 0.452. The topological polar surface area (TPSA) is 83.9 Å². The summed E-state index contributed by atoms with van der Waals surface area (Å²) in [5.41, 5.74) is 0.885. The number of carbonyl (C=O) groups is 1. The van der Waals surface area contributed by atoms with Gasteiger partial charge in [-0.3, -0.25) is 9.69 Å². The van der Waals surface area contributed by atoms with Gasteiger partial charge in [0.15, 0.2) is 0 Å². The van der Waals surface area contributed by atoms with Crippen molar-refractivity contribution in [2.45, 2.75) is 12.5 Å². The summed E-state index contributed by atoms with van der Waals surface area (Å²) in [5, 5.41) is 12.3. The van der Waals surface area contributed by atoms with Crippen molar-refractivity contribution in [3.8, 4) is 17.2 Å². The molecule has 1 aromatic heterocycles. The lowest BCUT2D eigenvalue weighted by Crippen LogP contribution is -2.28. The van der Waals surface area contributed by atoms with Crippen LogP contribution in [0.15, 0.2) is 66.9 Å². The monoisotopic (exact) mass is 439 g/mol. The number of benzene rings is 2. The van der Waals surface area contributed by atoms with Crippen molar-refractivity contribution in [1.29, 1.82) is 0 Å². The third-order valence-electron chi connectivity index (χ3n) is 4.83. The molecule has 8 heteroatoms. The molecule has 0 saturated carbocycles. The average molecular weight is 439 g/mol. The molecule has 3 aromatic rings. The summed E-state index contributed by atoms with van der Waals surface area (Å²) < 4.78 is 24.3. The zero-order valence-corrected chi connectivity index (χ0v) is 18.0. The minimum atomic E-state index is -0.882. The highest BCUT2D eigenvalue weighted by Crippen LogP contribution is 2.26. The fourth-order valence-corrected chi connectivity index (χ4v) is 3.16. The molecule has 2 N–H and O–H groups in total. The van der Waals surface area contributed by atoms with Gasteiger partial charge < -0.3 is 19.9 Å². The van der Waals surface area contributed by atoms with E-state index in [1.165, 1.54) is 12.1 Å². The number of carboxylic acid groups (broad SMARTS) is 1. The van der Waals surface area contributed by atoms with E-state index in [9.17, 15) is 9.18 Å². The standard InChI is InChI=1S/C24H26FN3O4/c1-28(16-24(29)30)14-13-22(17-3-5-18(25)6-4-17)27-23-12-11-21(15-26-23)32-20-9-7-19(31-2)8-10-20/h3-12,15,22H,13-14,16H2,1-2H3,(H,26,27)(H,29,30). The van der Waals surface area contributed by atoms with Gasteiger partial charge >= 0.3 is 5.97 Å². The molecule has 168 valence electrons. The van der Waals surface area contributed by atoms with Gasteiger partial charge in [-0.15, -0.1) is 0 Å². The zero-order chi connectivity index (χ0) is 22.9. The Morgan fingerprint density at radius 1 is 1.06 bits per heavy atom. The van der Waals surface area contributed by atoms with Crippen molar-refractivity contribution >= 4 is 11.8 Å². The Morgan fingerprint density at radius 2 is 1.72 bits per heavy atom. The predicted molar refractivity (Wildman–Crippen MR) is 120 cm³/mol. The summed E-state index contributed by atoms with van der Waals surface area (Å²) in [5.74, 6) is 1.43. The van der Waals surface area contributed by atoms with Gasteiger partial charge in [0.25, 0.3) is 0 Å². The molecular formula is C24H26FN3O4. The van der Waals surface area contributed by atoms with Crippen molar-refractivity contribution in [3.63, 3.8) is 0 Å². The van der Waals surface area contributed by atoms with E-state index in [2.05, 4.69) is 10.3 Å². The van der Waals surface area contributed by atoms with Crippen LogP contribution < -0.4 is 14.8 Å². The fraction of sp³-hybridized carbons (Fsp3) is 0.250. The first kappa shape index (κ1) is 23.0. The number of nitrogens with one attached hydrogen (secondary N) is 1. The van der Waals surface area contributed by atoms with Crippen LogP contribution in [-0.2, 0) is 4.79 Å². The van der Waals surface area contributed by atoms with Crippen molar-refractivity contribution in [3.05, 3.63) is 78.2 Å². The highest BCUT2D eigenvalue weighted by molar-refractivity contribution is 5.69. The number of likely N-dealkylation sites (N-methyl/N-ethyl adjacent to an activating group) is 1. The molecule has 1 unspecified atom stereocenters. The number of aliphatic carboxylic acids is 1. The summed E-state index contributed by atoms with van der Waals surface area (Å²) in [6.45, 7) is 0.492. The molecule has 0 spiro atoms. The maximum absolute atomic E-state index is 13.4. The normalized spacial score (nSPS) is 11.8. The van der Waals surface area contributed by atoms with Gasteiger partial charge in [-0.05, 0) is 67.6 Å². The van der Waals surface area contributed by atoms with E-state index < -0.39 is 5.97 Å². The molecule has 0 aliphatic carbocycles. The van der Waals surface area contributed by atoms with Crippen molar-refractivity contribution in [2.75, 3.05) is 32.6 Å². The van der Waals surface area contributed by atoms with Crippen LogP contribution in [0.2, 0.25) is 0 Å². The first-order valence-corrected chi connectivity index (χ1v) is 10.1. The van der Waals surface area contributed by atoms with Gasteiger partial charge in [0, 0.05) is 6.54 Å². The lowest BCUT2D eigenvalue weighted by molar-refractivity contribution is -0.138. The Labute approximate surface area is 186 Å². The highest BCUT2D eigenvalue weighted by atomic mass is 19.1. The van der Waals surface area contributed by atoms with E-state index in [0.29, 0.717) is 30.3 Å². The number of aromatic nitrogens is 1. The Morgan fingerprint density at radius 3 is 2.31 bits per heavy atom. The van der Waals surface area contributed by atoms with Gasteiger partial charge in [-0.25, -0.2) is 9.37 Å². The highest BCUT2D eigenvalue weighted by Gasteiger charge is 2.15. The van der Waals surface area contributed by atoms with E-state index in [0.717, 1.165) is 11.3 Å². The second kappa shape index (κ2) is 11.1. The Balaban J connectivity index is 1.67. The molecule has 3 rings (SSSR count). The number of rotatable bonds is 11. The van der Waals surface area contributed by atoms with E-state index in [4.69, 9.17) is 14.6 Å². The summed E-state index contributed by atoms with van der Waals surface area (Å²) >= 11 is 0. The summed E-state index contributed by atoms with van der Waals surface area (Å²) in [6.07, 6.45) is 2.23. The third-order valence-corrected chi connectivity index (χ3v) is 4.83. The van der Waals surface area contributed by atoms with E-state index >= 15 is 0 Å². The second-order valence-electron chi connectivity index (χ2n) is 7.33. The molecule has 0 saturated heterocycles. The van der Waals surface area contributed by atoms with E-state index in [1.807, 2.05) is 24.3 Å². The molecule has 0 amide bonds. The number of anilines is 1. The van der Waals surface area contributed by atoms with Crippen LogP contribution >= 0.6 is 0 Å². The minimum absolute atomic E-state index is 0.0498. The summed E-state index contributed by atoms with van der Waals surface area (Å²) in [4.78, 5) is 17.1. The van der Waals surface area contributed by atoms with Crippen LogP contribution in [0.5, 0.6) is 17.2 Å². The fourth-order valence-electron chi connectivity index (χ4n) is 3.16. The number of methoxy groups -OCH3 is 1. The number of hydrogen-bond acceptors (Lipinski definition) is 6. The molecule has 0 fully saturated rings. The summed E-state index contributed by atoms with van der Waals surface area (Å²) in [7, 11) is 3.36. The predicted octanol–water partition coefficient (Wildman–Crippen LogP) is 4.58. The molecule has 32 heavy (non-hydrogen) atoms. The third kappa shape index (κ3) is 6.95. The lowest BCUT2D eigenvalue weighted by atomic mass is 10.0. The Hall–Kier alpha value is -3.65. The first-order chi connectivity index (χ1) is 15.4. The van der Waals surface area contributed by atoms with Gasteiger partial charge in [-0.2, -0.15) is 0 Å². The van der Waals surface area contributed by atoms with Crippen LogP contribution in [-0.4, -0.2) is 48.2 Å². The Bertz CT molecular complexity index is 995. The zero-order valence-electron chi connectivity index (χ0n) is 18.0. The van der Waals surface area contributed by atoms with Crippen LogP contribution in [0.25, 0.3) is 0 Å². The number of carboxylic acids is 1.